The molecule has 0 radical (unpaired) electrons. The number of carbonyl (C=O) groups excluding carboxylic acids is 1. The molecule has 1 amide bonds. The van der Waals surface area contributed by atoms with E-state index in [9.17, 15) is 4.79 Å². The van der Waals surface area contributed by atoms with Gasteiger partial charge in [-0.25, -0.2) is 4.98 Å². The quantitative estimate of drug-likeness (QED) is 0.801. The Morgan fingerprint density at radius 3 is 2.90 bits per heavy atom. The molecule has 102 valence electrons. The van der Waals surface area contributed by atoms with Gasteiger partial charge in [0.2, 0.25) is 5.89 Å². The van der Waals surface area contributed by atoms with Crippen LogP contribution in [0.1, 0.15) is 28.0 Å². The highest BCUT2D eigenvalue weighted by atomic mass is 16.3. The molecule has 0 bridgehead atoms. The highest BCUT2D eigenvalue weighted by Crippen LogP contribution is 2.15. The SMILES string of the molecule is C#CCNC(=O)c1coc(C(N)Cc2ccccc2)n1. The maximum atomic E-state index is 11.6. The summed E-state index contributed by atoms with van der Waals surface area (Å²) >= 11 is 0. The van der Waals surface area contributed by atoms with Crippen LogP contribution in [0.5, 0.6) is 0 Å². The molecule has 0 saturated carbocycles. The van der Waals surface area contributed by atoms with E-state index in [1.54, 1.807) is 0 Å². The first-order chi connectivity index (χ1) is 9.70. The average Bonchev–Trinajstić information content (AvgIpc) is 2.96. The van der Waals surface area contributed by atoms with Crippen molar-refractivity contribution in [3.63, 3.8) is 0 Å². The van der Waals surface area contributed by atoms with E-state index in [4.69, 9.17) is 16.6 Å². The molecule has 1 aromatic carbocycles. The van der Waals surface area contributed by atoms with Crippen LogP contribution in [0.4, 0.5) is 0 Å². The van der Waals surface area contributed by atoms with Gasteiger partial charge in [-0.1, -0.05) is 36.3 Å². The number of benzene rings is 1. The molecular weight excluding hydrogens is 254 g/mol. The molecule has 0 aliphatic rings. The van der Waals surface area contributed by atoms with E-state index < -0.39 is 6.04 Å². The van der Waals surface area contributed by atoms with Crippen LogP contribution in [0.2, 0.25) is 0 Å². The van der Waals surface area contributed by atoms with Crippen LogP contribution in [0.3, 0.4) is 0 Å². The molecule has 5 nitrogen and oxygen atoms in total. The van der Waals surface area contributed by atoms with Gasteiger partial charge in [0.1, 0.15) is 6.26 Å². The van der Waals surface area contributed by atoms with E-state index in [1.807, 2.05) is 30.3 Å². The Balaban J connectivity index is 2.01. The van der Waals surface area contributed by atoms with Gasteiger partial charge < -0.3 is 15.5 Å². The van der Waals surface area contributed by atoms with Crippen LogP contribution >= 0.6 is 0 Å². The van der Waals surface area contributed by atoms with E-state index >= 15 is 0 Å². The molecule has 1 unspecified atom stereocenters. The number of terminal acetylenes is 1. The van der Waals surface area contributed by atoms with E-state index in [-0.39, 0.29) is 18.1 Å². The Morgan fingerprint density at radius 1 is 1.45 bits per heavy atom. The van der Waals surface area contributed by atoms with Crippen molar-refractivity contribution in [2.45, 2.75) is 12.5 Å². The minimum Gasteiger partial charge on any atom is -0.446 e. The van der Waals surface area contributed by atoms with Crippen molar-refractivity contribution in [3.05, 3.63) is 53.7 Å². The molecule has 0 aliphatic carbocycles. The molecule has 1 heterocycles. The molecule has 5 heteroatoms. The molecule has 0 spiro atoms. The van der Waals surface area contributed by atoms with Crippen molar-refractivity contribution >= 4 is 5.91 Å². The summed E-state index contributed by atoms with van der Waals surface area (Å²) in [5.74, 6) is 2.28. The van der Waals surface area contributed by atoms with Gasteiger partial charge >= 0.3 is 0 Å². The van der Waals surface area contributed by atoms with Crippen molar-refractivity contribution in [1.29, 1.82) is 0 Å². The van der Waals surface area contributed by atoms with Crippen molar-refractivity contribution in [3.8, 4) is 12.3 Å². The Hall–Kier alpha value is -2.58. The Labute approximate surface area is 117 Å². The van der Waals surface area contributed by atoms with Gasteiger partial charge in [0.15, 0.2) is 5.69 Å². The van der Waals surface area contributed by atoms with E-state index in [0.717, 1.165) is 5.56 Å². The number of nitrogens with two attached hydrogens (primary N) is 1. The normalized spacial score (nSPS) is 11.6. The molecule has 3 N–H and O–H groups in total. The number of aromatic nitrogens is 1. The molecular formula is C15H15N3O2. The molecule has 0 fully saturated rings. The van der Waals surface area contributed by atoms with Crippen LogP contribution in [0, 0.1) is 12.3 Å². The van der Waals surface area contributed by atoms with Gasteiger partial charge in [-0.3, -0.25) is 4.79 Å². The van der Waals surface area contributed by atoms with Crippen molar-refractivity contribution in [1.82, 2.24) is 10.3 Å². The molecule has 1 aromatic heterocycles. The monoisotopic (exact) mass is 269 g/mol. The zero-order valence-corrected chi connectivity index (χ0v) is 10.9. The Kier molecular flexibility index (Phi) is 4.53. The van der Waals surface area contributed by atoms with Gasteiger partial charge in [0.25, 0.3) is 5.91 Å². The number of rotatable bonds is 5. The summed E-state index contributed by atoms with van der Waals surface area (Å²) in [5.41, 5.74) is 7.28. The van der Waals surface area contributed by atoms with Gasteiger partial charge in [0, 0.05) is 0 Å². The van der Waals surface area contributed by atoms with Crippen LogP contribution in [0.15, 0.2) is 41.0 Å². The number of oxazole rings is 1. The molecule has 0 saturated heterocycles. The summed E-state index contributed by atoms with van der Waals surface area (Å²) in [5, 5.41) is 2.51. The zero-order valence-electron chi connectivity index (χ0n) is 10.9. The summed E-state index contributed by atoms with van der Waals surface area (Å²) in [6.45, 7) is 0.150. The van der Waals surface area contributed by atoms with Gasteiger partial charge in [-0.15, -0.1) is 6.42 Å². The topological polar surface area (TPSA) is 81.2 Å². The highest BCUT2D eigenvalue weighted by Gasteiger charge is 2.16. The lowest BCUT2D eigenvalue weighted by molar-refractivity contribution is 0.0953. The number of nitrogens with zero attached hydrogens (tertiary/aromatic N) is 1. The van der Waals surface area contributed by atoms with Crippen LogP contribution < -0.4 is 11.1 Å². The third kappa shape index (κ3) is 3.46. The zero-order chi connectivity index (χ0) is 14.4. The fourth-order valence-corrected chi connectivity index (χ4v) is 1.74. The second kappa shape index (κ2) is 6.55. The first-order valence-corrected chi connectivity index (χ1v) is 6.17. The molecule has 1 atom stereocenters. The lowest BCUT2D eigenvalue weighted by Crippen LogP contribution is -2.24. The summed E-state index contributed by atoms with van der Waals surface area (Å²) in [7, 11) is 0. The van der Waals surface area contributed by atoms with E-state index in [1.165, 1.54) is 6.26 Å². The van der Waals surface area contributed by atoms with Crippen LogP contribution in [-0.4, -0.2) is 17.4 Å². The predicted octanol–water partition coefficient (Wildman–Crippen LogP) is 1.28. The van der Waals surface area contributed by atoms with Crippen LogP contribution in [-0.2, 0) is 6.42 Å². The largest absolute Gasteiger partial charge is 0.446 e. The predicted molar refractivity (Wildman–Crippen MR) is 74.7 cm³/mol. The number of amides is 1. The van der Waals surface area contributed by atoms with Crippen LogP contribution in [0.25, 0.3) is 0 Å². The fraction of sp³-hybridized carbons (Fsp3) is 0.200. The third-order valence-corrected chi connectivity index (χ3v) is 2.72. The third-order valence-electron chi connectivity index (χ3n) is 2.72. The molecule has 2 aromatic rings. The van der Waals surface area contributed by atoms with Gasteiger partial charge in [-0.2, -0.15) is 0 Å². The first-order valence-electron chi connectivity index (χ1n) is 6.17. The lowest BCUT2D eigenvalue weighted by atomic mass is 10.1. The van der Waals surface area contributed by atoms with Crippen molar-refractivity contribution in [2.24, 2.45) is 5.73 Å². The van der Waals surface area contributed by atoms with Crippen molar-refractivity contribution in [2.75, 3.05) is 6.54 Å². The van der Waals surface area contributed by atoms with E-state index in [2.05, 4.69) is 16.2 Å². The number of hydrogen-bond acceptors (Lipinski definition) is 4. The van der Waals surface area contributed by atoms with Gasteiger partial charge in [0.05, 0.1) is 12.6 Å². The second-order valence-electron chi connectivity index (χ2n) is 4.25. The smallest absolute Gasteiger partial charge is 0.273 e. The standard InChI is InChI=1S/C15H15N3O2/c1-2-8-17-14(19)13-10-20-15(18-13)12(16)9-11-6-4-3-5-7-11/h1,3-7,10,12H,8-9,16H2,(H,17,19). The molecule has 0 aliphatic heterocycles. The number of nitrogens with one attached hydrogen (secondary N) is 1. The molecule has 20 heavy (non-hydrogen) atoms. The maximum absolute atomic E-state index is 11.6. The van der Waals surface area contributed by atoms with E-state index in [0.29, 0.717) is 12.3 Å². The highest BCUT2D eigenvalue weighted by molar-refractivity contribution is 5.92. The summed E-state index contributed by atoms with van der Waals surface area (Å²) in [4.78, 5) is 15.7. The first kappa shape index (κ1) is 13.8. The second-order valence-corrected chi connectivity index (χ2v) is 4.25. The summed E-state index contributed by atoms with van der Waals surface area (Å²) in [6.07, 6.45) is 6.94. The molecule has 2 rings (SSSR count). The van der Waals surface area contributed by atoms with Gasteiger partial charge in [-0.05, 0) is 12.0 Å². The Morgan fingerprint density at radius 2 is 2.20 bits per heavy atom. The lowest BCUT2D eigenvalue weighted by Gasteiger charge is -2.06. The number of carbonyl (C=O) groups is 1. The summed E-state index contributed by atoms with van der Waals surface area (Å²) < 4.78 is 5.25. The minimum absolute atomic E-state index is 0.150. The fourth-order valence-electron chi connectivity index (χ4n) is 1.74. The van der Waals surface area contributed by atoms with Crippen molar-refractivity contribution < 1.29 is 9.21 Å². The minimum atomic E-state index is -0.397. The summed E-state index contributed by atoms with van der Waals surface area (Å²) in [6, 6.07) is 9.37. The average molecular weight is 269 g/mol. The Bertz CT molecular complexity index is 614. The number of hydrogen-bond donors (Lipinski definition) is 2. The maximum Gasteiger partial charge on any atom is 0.273 e.